The Bertz CT molecular complexity index is 725. The van der Waals surface area contributed by atoms with Crippen molar-refractivity contribution in [3.8, 4) is 5.75 Å². The fraction of sp³-hybridized carbons (Fsp3) is 0.667. The molecule has 1 amide bonds. The lowest BCUT2D eigenvalue weighted by atomic mass is 9.81. The summed E-state index contributed by atoms with van der Waals surface area (Å²) in [5.41, 5.74) is 0.0855. The number of fused-ring (bicyclic) bond motifs is 1. The number of amides is 1. The van der Waals surface area contributed by atoms with Gasteiger partial charge in [-0.3, -0.25) is 4.79 Å². The molecule has 0 unspecified atom stereocenters. The maximum absolute atomic E-state index is 12.9. The first-order valence-corrected chi connectivity index (χ1v) is 9.90. The standard InChI is InChI=1S/C16H24N2O3S.C2HF3O2/c1-4-21-13-5-6-22-14(13)15(19)18-7-12-8-20-11-16(12,10-18)9-17(2)3;3-2(4,5)1(6)7/h5-6,12H,4,7-11H2,1-3H3;(H,6,7)/t12-,16+;/m1./s1. The molecule has 11 heteroatoms. The number of alkyl halides is 3. The van der Waals surface area contributed by atoms with E-state index in [9.17, 15) is 18.0 Å². The second-order valence-electron chi connectivity index (χ2n) is 7.35. The minimum Gasteiger partial charge on any atom is -0.492 e. The molecule has 2 fully saturated rings. The lowest BCUT2D eigenvalue weighted by Crippen LogP contribution is -2.41. The molecular formula is C18H25F3N2O5S. The number of hydrogen-bond donors (Lipinski definition) is 1. The number of hydrogen-bond acceptors (Lipinski definition) is 6. The summed E-state index contributed by atoms with van der Waals surface area (Å²) in [4.78, 5) is 26.7. The maximum Gasteiger partial charge on any atom is 0.490 e. The molecule has 0 saturated carbocycles. The molecule has 1 aromatic rings. The van der Waals surface area contributed by atoms with Gasteiger partial charge in [-0.1, -0.05) is 0 Å². The fourth-order valence-electron chi connectivity index (χ4n) is 3.71. The third kappa shape index (κ3) is 5.61. The van der Waals surface area contributed by atoms with Crippen LogP contribution in [0.1, 0.15) is 16.6 Å². The third-order valence-corrected chi connectivity index (χ3v) is 5.69. The monoisotopic (exact) mass is 438 g/mol. The number of thiophene rings is 1. The van der Waals surface area contributed by atoms with Gasteiger partial charge in [0.15, 0.2) is 0 Å². The molecule has 1 N–H and O–H groups in total. The van der Waals surface area contributed by atoms with Crippen LogP contribution >= 0.6 is 11.3 Å². The van der Waals surface area contributed by atoms with Gasteiger partial charge in [0, 0.05) is 31.0 Å². The van der Waals surface area contributed by atoms with Crippen LogP contribution in [0.4, 0.5) is 13.2 Å². The summed E-state index contributed by atoms with van der Waals surface area (Å²) in [7, 11) is 4.17. The van der Waals surface area contributed by atoms with E-state index < -0.39 is 12.1 Å². The van der Waals surface area contributed by atoms with Crippen molar-refractivity contribution in [3.63, 3.8) is 0 Å². The van der Waals surface area contributed by atoms with Crippen LogP contribution in [0.5, 0.6) is 5.75 Å². The van der Waals surface area contributed by atoms with Crippen LogP contribution < -0.4 is 4.74 Å². The second kappa shape index (κ2) is 9.31. The maximum atomic E-state index is 12.9. The van der Waals surface area contributed by atoms with Gasteiger partial charge in [0.1, 0.15) is 10.6 Å². The van der Waals surface area contributed by atoms with Crippen LogP contribution in [0, 0.1) is 11.3 Å². The average Bonchev–Trinajstić information content (AvgIpc) is 3.27. The summed E-state index contributed by atoms with van der Waals surface area (Å²) in [6.07, 6.45) is -5.08. The molecule has 3 heterocycles. The number of nitrogens with zero attached hydrogens (tertiary/aromatic N) is 2. The van der Waals surface area contributed by atoms with E-state index >= 15 is 0 Å². The van der Waals surface area contributed by atoms with Crippen molar-refractivity contribution < 1.29 is 37.3 Å². The van der Waals surface area contributed by atoms with E-state index in [0.29, 0.717) is 18.3 Å². The van der Waals surface area contributed by atoms with Gasteiger partial charge in [-0.05, 0) is 32.5 Å². The van der Waals surface area contributed by atoms with E-state index in [4.69, 9.17) is 19.4 Å². The van der Waals surface area contributed by atoms with Crippen molar-refractivity contribution in [2.24, 2.45) is 11.3 Å². The Morgan fingerprint density at radius 1 is 1.45 bits per heavy atom. The van der Waals surface area contributed by atoms with Crippen LogP contribution in [0.3, 0.4) is 0 Å². The topological polar surface area (TPSA) is 79.3 Å². The minimum absolute atomic E-state index is 0.0855. The van der Waals surface area contributed by atoms with Gasteiger partial charge in [0.2, 0.25) is 0 Å². The van der Waals surface area contributed by atoms with Gasteiger partial charge in [-0.15, -0.1) is 11.3 Å². The molecule has 0 aliphatic carbocycles. The molecule has 2 aliphatic rings. The van der Waals surface area contributed by atoms with Crippen molar-refractivity contribution in [1.82, 2.24) is 9.80 Å². The lowest BCUT2D eigenvalue weighted by Gasteiger charge is -2.30. The molecule has 0 spiro atoms. The average molecular weight is 438 g/mol. The molecule has 29 heavy (non-hydrogen) atoms. The number of likely N-dealkylation sites (tertiary alicyclic amines) is 1. The molecule has 7 nitrogen and oxygen atoms in total. The highest BCUT2D eigenvalue weighted by molar-refractivity contribution is 7.12. The van der Waals surface area contributed by atoms with Crippen LogP contribution in [-0.2, 0) is 9.53 Å². The van der Waals surface area contributed by atoms with Crippen molar-refractivity contribution in [3.05, 3.63) is 16.3 Å². The summed E-state index contributed by atoms with van der Waals surface area (Å²) >= 11 is 1.47. The summed E-state index contributed by atoms with van der Waals surface area (Å²) in [6, 6.07) is 1.89. The molecule has 2 atom stereocenters. The quantitative estimate of drug-likeness (QED) is 0.761. The number of ether oxygens (including phenoxy) is 2. The molecule has 164 valence electrons. The van der Waals surface area contributed by atoms with Gasteiger partial charge in [0.25, 0.3) is 5.91 Å². The third-order valence-electron chi connectivity index (χ3n) is 4.81. The smallest absolute Gasteiger partial charge is 0.490 e. The number of carboxylic acid groups (broad SMARTS) is 1. The predicted molar refractivity (Wildman–Crippen MR) is 100 cm³/mol. The van der Waals surface area contributed by atoms with Crippen molar-refractivity contribution in [2.75, 3.05) is 53.6 Å². The molecule has 1 aromatic heterocycles. The van der Waals surface area contributed by atoms with Crippen LogP contribution in [0.25, 0.3) is 0 Å². The number of carboxylic acids is 1. The molecule has 2 saturated heterocycles. The summed E-state index contributed by atoms with van der Waals surface area (Å²) in [5, 5.41) is 9.05. The van der Waals surface area contributed by atoms with Crippen molar-refractivity contribution >= 4 is 23.2 Å². The first kappa shape index (κ1) is 23.4. The van der Waals surface area contributed by atoms with E-state index in [2.05, 4.69) is 19.0 Å². The zero-order valence-electron chi connectivity index (χ0n) is 16.5. The van der Waals surface area contributed by atoms with Gasteiger partial charge in [-0.2, -0.15) is 13.2 Å². The normalized spacial score (nSPS) is 23.6. The number of carbonyl (C=O) groups excluding carboxylic acids is 1. The minimum atomic E-state index is -5.08. The van der Waals surface area contributed by atoms with Crippen LogP contribution in [0.2, 0.25) is 0 Å². The highest BCUT2D eigenvalue weighted by Crippen LogP contribution is 2.42. The summed E-state index contributed by atoms with van der Waals surface area (Å²) < 4.78 is 43.0. The molecule has 2 aliphatic heterocycles. The van der Waals surface area contributed by atoms with Gasteiger partial charge < -0.3 is 24.4 Å². The van der Waals surface area contributed by atoms with Gasteiger partial charge in [-0.25, -0.2) is 4.79 Å². The summed E-state index contributed by atoms with van der Waals surface area (Å²) in [6.45, 7) is 6.56. The van der Waals surface area contributed by atoms with Crippen molar-refractivity contribution in [1.29, 1.82) is 0 Å². The SMILES string of the molecule is CCOc1ccsc1C(=O)N1C[C@@H]2COC[C@]2(CN(C)C)C1.O=C(O)C(F)(F)F. The number of halogens is 3. The Balaban J connectivity index is 0.000000370. The highest BCUT2D eigenvalue weighted by atomic mass is 32.1. The number of aliphatic carboxylic acids is 1. The van der Waals surface area contributed by atoms with E-state index in [0.717, 1.165) is 37.7 Å². The van der Waals surface area contributed by atoms with E-state index in [1.807, 2.05) is 23.3 Å². The number of carbonyl (C=O) groups is 2. The first-order valence-electron chi connectivity index (χ1n) is 9.02. The zero-order valence-corrected chi connectivity index (χ0v) is 17.3. The van der Waals surface area contributed by atoms with E-state index in [1.54, 1.807) is 0 Å². The molecule has 3 rings (SSSR count). The Kier molecular flexibility index (Phi) is 7.52. The Morgan fingerprint density at radius 3 is 2.66 bits per heavy atom. The Morgan fingerprint density at radius 2 is 2.10 bits per heavy atom. The first-order chi connectivity index (χ1) is 13.5. The van der Waals surface area contributed by atoms with E-state index in [-0.39, 0.29) is 11.3 Å². The summed E-state index contributed by atoms with van der Waals surface area (Å²) in [5.74, 6) is -1.50. The van der Waals surface area contributed by atoms with Crippen molar-refractivity contribution in [2.45, 2.75) is 13.1 Å². The molecule has 0 radical (unpaired) electrons. The molecule has 0 aromatic carbocycles. The largest absolute Gasteiger partial charge is 0.492 e. The highest BCUT2D eigenvalue weighted by Gasteiger charge is 2.52. The van der Waals surface area contributed by atoms with Gasteiger partial charge >= 0.3 is 12.1 Å². The zero-order chi connectivity index (χ0) is 21.8. The molecule has 0 bridgehead atoms. The fourth-order valence-corrected chi connectivity index (χ4v) is 4.51. The van der Waals surface area contributed by atoms with Crippen LogP contribution in [-0.4, -0.2) is 86.5 Å². The Labute approximate surface area is 171 Å². The predicted octanol–water partition coefficient (Wildman–Crippen LogP) is 2.43. The molecular weight excluding hydrogens is 413 g/mol. The van der Waals surface area contributed by atoms with Crippen LogP contribution in [0.15, 0.2) is 11.4 Å². The Hall–Kier alpha value is -1.85. The van der Waals surface area contributed by atoms with E-state index in [1.165, 1.54) is 11.3 Å². The second-order valence-corrected chi connectivity index (χ2v) is 8.26. The van der Waals surface area contributed by atoms with Gasteiger partial charge in [0.05, 0.1) is 19.8 Å². The lowest BCUT2D eigenvalue weighted by molar-refractivity contribution is -0.192. The number of rotatable bonds is 5.